The Morgan fingerprint density at radius 1 is 1.53 bits per heavy atom. The predicted octanol–water partition coefficient (Wildman–Crippen LogP) is 0.819. The Labute approximate surface area is 90.5 Å². The molecule has 4 nitrogen and oxygen atoms in total. The zero-order chi connectivity index (χ0) is 11.1. The normalized spacial score (nSPS) is 19.2. The van der Waals surface area contributed by atoms with Gasteiger partial charge in [0.15, 0.2) is 0 Å². The lowest BCUT2D eigenvalue weighted by molar-refractivity contribution is -0.00660. The van der Waals surface area contributed by atoms with Crippen molar-refractivity contribution >= 4 is 0 Å². The fourth-order valence-corrected chi connectivity index (χ4v) is 2.02. The molecule has 1 aliphatic rings. The molecule has 0 aromatic carbocycles. The van der Waals surface area contributed by atoms with Crippen LogP contribution in [-0.2, 0) is 0 Å². The van der Waals surface area contributed by atoms with Crippen LogP contribution in [0.25, 0.3) is 0 Å². The Morgan fingerprint density at radius 3 is 2.67 bits per heavy atom. The van der Waals surface area contributed by atoms with Gasteiger partial charge in [0.2, 0.25) is 0 Å². The number of likely N-dealkylation sites (tertiary alicyclic amines) is 1. The zero-order valence-electron chi connectivity index (χ0n) is 9.64. The third-order valence-corrected chi connectivity index (χ3v) is 2.65. The van der Waals surface area contributed by atoms with E-state index in [-0.39, 0.29) is 0 Å². The van der Waals surface area contributed by atoms with Gasteiger partial charge in [0.1, 0.15) is 0 Å². The summed E-state index contributed by atoms with van der Waals surface area (Å²) >= 11 is 0. The molecule has 0 atom stereocenters. The number of rotatable bonds is 3. The van der Waals surface area contributed by atoms with Gasteiger partial charge in [-0.2, -0.15) is 5.10 Å². The summed E-state index contributed by atoms with van der Waals surface area (Å²) in [4.78, 5) is 2.25. The zero-order valence-corrected chi connectivity index (χ0v) is 9.64. The van der Waals surface area contributed by atoms with Crippen molar-refractivity contribution in [3.05, 3.63) is 18.0 Å². The molecule has 1 N–H and O–H groups in total. The number of β-amino-alcohol motifs (C(OH)–C–C–N with tert-alkyl or cyclic N) is 1. The van der Waals surface area contributed by atoms with Gasteiger partial charge < -0.3 is 5.11 Å². The third-order valence-electron chi connectivity index (χ3n) is 2.65. The third kappa shape index (κ3) is 2.58. The SMILES string of the molecule is Cc1cnn(C2CN(CC(C)(C)O)C2)c1. The van der Waals surface area contributed by atoms with Gasteiger partial charge in [-0.25, -0.2) is 0 Å². The summed E-state index contributed by atoms with van der Waals surface area (Å²) < 4.78 is 2.02. The lowest BCUT2D eigenvalue weighted by Crippen LogP contribution is -2.52. The van der Waals surface area contributed by atoms with Crippen LogP contribution in [0.1, 0.15) is 25.5 Å². The summed E-state index contributed by atoms with van der Waals surface area (Å²) in [5.41, 5.74) is 0.612. The van der Waals surface area contributed by atoms with Crippen molar-refractivity contribution in [3.63, 3.8) is 0 Å². The monoisotopic (exact) mass is 209 g/mol. The Morgan fingerprint density at radius 2 is 2.20 bits per heavy atom. The topological polar surface area (TPSA) is 41.3 Å². The molecule has 0 spiro atoms. The fraction of sp³-hybridized carbons (Fsp3) is 0.727. The first-order chi connectivity index (χ1) is 6.94. The molecule has 4 heteroatoms. The summed E-state index contributed by atoms with van der Waals surface area (Å²) in [5.74, 6) is 0. The van der Waals surface area contributed by atoms with Crippen LogP contribution in [0, 0.1) is 6.92 Å². The molecule has 0 aliphatic carbocycles. The summed E-state index contributed by atoms with van der Waals surface area (Å²) in [7, 11) is 0. The van der Waals surface area contributed by atoms with Crippen molar-refractivity contribution in [3.8, 4) is 0 Å². The van der Waals surface area contributed by atoms with E-state index in [4.69, 9.17) is 0 Å². The summed E-state index contributed by atoms with van der Waals surface area (Å²) in [6, 6.07) is 0.487. The summed E-state index contributed by atoms with van der Waals surface area (Å²) in [6.07, 6.45) is 3.96. The Hall–Kier alpha value is -0.870. The first kappa shape index (κ1) is 10.6. The minimum atomic E-state index is -0.592. The number of aryl methyl sites for hydroxylation is 1. The van der Waals surface area contributed by atoms with E-state index in [9.17, 15) is 5.11 Å². The van der Waals surface area contributed by atoms with E-state index in [1.165, 1.54) is 5.56 Å². The van der Waals surface area contributed by atoms with Gasteiger partial charge in [-0.1, -0.05) is 0 Å². The molecule has 2 heterocycles. The van der Waals surface area contributed by atoms with Crippen molar-refractivity contribution < 1.29 is 5.11 Å². The first-order valence-electron chi connectivity index (χ1n) is 5.39. The summed E-state index contributed by atoms with van der Waals surface area (Å²) in [5, 5.41) is 13.9. The molecule has 0 radical (unpaired) electrons. The van der Waals surface area contributed by atoms with Crippen LogP contribution in [0.15, 0.2) is 12.4 Å². The van der Waals surface area contributed by atoms with Gasteiger partial charge >= 0.3 is 0 Å². The van der Waals surface area contributed by atoms with Gasteiger partial charge in [-0.15, -0.1) is 0 Å². The Balaban J connectivity index is 1.84. The van der Waals surface area contributed by atoms with Crippen molar-refractivity contribution in [2.45, 2.75) is 32.4 Å². The second-order valence-corrected chi connectivity index (χ2v) is 5.16. The molecule has 0 unspecified atom stereocenters. The second kappa shape index (κ2) is 3.61. The maximum atomic E-state index is 9.65. The lowest BCUT2D eigenvalue weighted by Gasteiger charge is -2.41. The molecule has 1 aliphatic heterocycles. The largest absolute Gasteiger partial charge is 0.389 e. The van der Waals surface area contributed by atoms with Crippen LogP contribution >= 0.6 is 0 Å². The van der Waals surface area contributed by atoms with E-state index in [0.717, 1.165) is 19.6 Å². The lowest BCUT2D eigenvalue weighted by atomic mass is 10.0. The highest BCUT2D eigenvalue weighted by Gasteiger charge is 2.31. The van der Waals surface area contributed by atoms with Crippen molar-refractivity contribution in [2.75, 3.05) is 19.6 Å². The number of hydrogen-bond donors (Lipinski definition) is 1. The van der Waals surface area contributed by atoms with Gasteiger partial charge in [-0.05, 0) is 26.3 Å². The fourth-order valence-electron chi connectivity index (χ4n) is 2.02. The Bertz CT molecular complexity index is 334. The number of nitrogens with zero attached hydrogens (tertiary/aromatic N) is 3. The molecule has 2 rings (SSSR count). The van der Waals surface area contributed by atoms with E-state index in [2.05, 4.69) is 23.1 Å². The first-order valence-corrected chi connectivity index (χ1v) is 5.39. The average molecular weight is 209 g/mol. The molecule has 84 valence electrons. The van der Waals surface area contributed by atoms with Crippen molar-refractivity contribution in [2.24, 2.45) is 0 Å². The van der Waals surface area contributed by atoms with E-state index in [0.29, 0.717) is 6.04 Å². The predicted molar refractivity (Wildman–Crippen MR) is 58.7 cm³/mol. The molecule has 1 aromatic rings. The van der Waals surface area contributed by atoms with E-state index >= 15 is 0 Å². The van der Waals surface area contributed by atoms with Crippen LogP contribution in [0.4, 0.5) is 0 Å². The highest BCUT2D eigenvalue weighted by Crippen LogP contribution is 2.22. The van der Waals surface area contributed by atoms with Crippen LogP contribution in [0.3, 0.4) is 0 Å². The van der Waals surface area contributed by atoms with Crippen LogP contribution < -0.4 is 0 Å². The summed E-state index contributed by atoms with van der Waals surface area (Å²) in [6.45, 7) is 8.47. The number of aliphatic hydroxyl groups is 1. The standard InChI is InChI=1S/C11H19N3O/c1-9-4-12-14(5-9)10-6-13(7-10)8-11(2,3)15/h4-5,10,15H,6-8H2,1-3H3. The van der Waals surface area contributed by atoms with Gasteiger partial charge in [-0.3, -0.25) is 9.58 Å². The molecule has 1 aromatic heterocycles. The van der Waals surface area contributed by atoms with Gasteiger partial charge in [0, 0.05) is 25.8 Å². The molecule has 1 saturated heterocycles. The van der Waals surface area contributed by atoms with Gasteiger partial charge in [0.25, 0.3) is 0 Å². The van der Waals surface area contributed by atoms with E-state index in [1.807, 2.05) is 24.7 Å². The maximum Gasteiger partial charge on any atom is 0.0772 e. The minimum absolute atomic E-state index is 0.487. The minimum Gasteiger partial charge on any atom is -0.389 e. The molecule has 15 heavy (non-hydrogen) atoms. The quantitative estimate of drug-likeness (QED) is 0.801. The molecule has 0 amide bonds. The smallest absolute Gasteiger partial charge is 0.0772 e. The molecular formula is C11H19N3O. The number of aromatic nitrogens is 2. The van der Waals surface area contributed by atoms with Crippen LogP contribution in [0.2, 0.25) is 0 Å². The van der Waals surface area contributed by atoms with E-state index in [1.54, 1.807) is 0 Å². The molecular weight excluding hydrogens is 190 g/mol. The highest BCUT2D eigenvalue weighted by molar-refractivity contribution is 5.02. The highest BCUT2D eigenvalue weighted by atomic mass is 16.3. The molecule has 0 saturated carbocycles. The second-order valence-electron chi connectivity index (χ2n) is 5.16. The van der Waals surface area contributed by atoms with Gasteiger partial charge in [0.05, 0.1) is 17.8 Å². The Kier molecular flexibility index (Phi) is 2.56. The van der Waals surface area contributed by atoms with E-state index < -0.39 is 5.60 Å². The van der Waals surface area contributed by atoms with Crippen LogP contribution in [-0.4, -0.2) is 45.0 Å². The maximum absolute atomic E-state index is 9.65. The van der Waals surface area contributed by atoms with Crippen molar-refractivity contribution in [1.29, 1.82) is 0 Å². The molecule has 0 bridgehead atoms. The number of hydrogen-bond acceptors (Lipinski definition) is 3. The average Bonchev–Trinajstić information content (AvgIpc) is 2.41. The van der Waals surface area contributed by atoms with Crippen LogP contribution in [0.5, 0.6) is 0 Å². The van der Waals surface area contributed by atoms with Crippen molar-refractivity contribution in [1.82, 2.24) is 14.7 Å². The molecule has 1 fully saturated rings.